The van der Waals surface area contributed by atoms with Crippen LogP contribution in [0.25, 0.3) is 10.9 Å². The molecule has 31 heavy (non-hydrogen) atoms. The van der Waals surface area contributed by atoms with Crippen molar-refractivity contribution in [2.24, 2.45) is 0 Å². The predicted molar refractivity (Wildman–Crippen MR) is 124 cm³/mol. The van der Waals surface area contributed by atoms with Crippen molar-refractivity contribution in [3.05, 3.63) is 95.2 Å². The molecule has 4 aromatic rings. The maximum Gasteiger partial charge on any atom is 0.240 e. The SMILES string of the molecule is Cc1ccc(S(=O)(=O)NCCc2c[nH]c3cc(OCc4ccccc4)ccc23)cc1C. The van der Waals surface area contributed by atoms with Gasteiger partial charge in [0.25, 0.3) is 0 Å². The van der Waals surface area contributed by atoms with Gasteiger partial charge in [0.05, 0.1) is 4.90 Å². The molecule has 0 aliphatic heterocycles. The topological polar surface area (TPSA) is 71.2 Å². The van der Waals surface area contributed by atoms with Gasteiger partial charge in [-0.05, 0) is 66.8 Å². The van der Waals surface area contributed by atoms with Crippen molar-refractivity contribution >= 4 is 20.9 Å². The zero-order valence-electron chi connectivity index (χ0n) is 17.7. The van der Waals surface area contributed by atoms with Gasteiger partial charge in [-0.2, -0.15) is 0 Å². The zero-order valence-corrected chi connectivity index (χ0v) is 18.5. The average molecular weight is 435 g/mol. The van der Waals surface area contributed by atoms with E-state index in [4.69, 9.17) is 4.74 Å². The quantitative estimate of drug-likeness (QED) is 0.415. The van der Waals surface area contributed by atoms with E-state index in [-0.39, 0.29) is 0 Å². The van der Waals surface area contributed by atoms with Crippen LogP contribution in [0.2, 0.25) is 0 Å². The summed E-state index contributed by atoms with van der Waals surface area (Å²) in [5.41, 5.74) is 5.19. The summed E-state index contributed by atoms with van der Waals surface area (Å²) in [6.07, 6.45) is 2.52. The van der Waals surface area contributed by atoms with Gasteiger partial charge in [0.1, 0.15) is 12.4 Å². The van der Waals surface area contributed by atoms with Crippen LogP contribution < -0.4 is 9.46 Å². The van der Waals surface area contributed by atoms with Crippen LogP contribution in [0.15, 0.2) is 77.8 Å². The Morgan fingerprint density at radius 3 is 2.52 bits per heavy atom. The summed E-state index contributed by atoms with van der Waals surface area (Å²) >= 11 is 0. The summed E-state index contributed by atoms with van der Waals surface area (Å²) in [6, 6.07) is 21.2. The number of hydrogen-bond acceptors (Lipinski definition) is 3. The number of aryl methyl sites for hydroxylation is 2. The molecule has 1 heterocycles. The third-order valence-corrected chi connectivity index (χ3v) is 6.92. The molecule has 0 spiro atoms. The van der Waals surface area contributed by atoms with E-state index in [1.165, 1.54) is 0 Å². The number of ether oxygens (including phenoxy) is 1. The zero-order chi connectivity index (χ0) is 21.8. The molecule has 3 aromatic carbocycles. The molecule has 6 heteroatoms. The Labute approximate surface area is 183 Å². The van der Waals surface area contributed by atoms with Gasteiger partial charge in [-0.1, -0.05) is 36.4 Å². The van der Waals surface area contributed by atoms with Crippen LogP contribution in [0.1, 0.15) is 22.3 Å². The van der Waals surface area contributed by atoms with Gasteiger partial charge in [0, 0.05) is 29.7 Å². The van der Waals surface area contributed by atoms with E-state index in [9.17, 15) is 8.42 Å². The Morgan fingerprint density at radius 1 is 0.935 bits per heavy atom. The second-order valence-corrected chi connectivity index (χ2v) is 9.46. The molecular formula is C25H26N2O3S. The molecule has 0 bridgehead atoms. The normalized spacial score (nSPS) is 11.7. The van der Waals surface area contributed by atoms with Crippen molar-refractivity contribution in [1.82, 2.24) is 9.71 Å². The lowest BCUT2D eigenvalue weighted by atomic mass is 10.1. The number of benzene rings is 3. The average Bonchev–Trinajstić information content (AvgIpc) is 3.17. The maximum atomic E-state index is 12.6. The lowest BCUT2D eigenvalue weighted by molar-refractivity contribution is 0.306. The molecule has 0 aliphatic carbocycles. The highest BCUT2D eigenvalue weighted by atomic mass is 32.2. The second kappa shape index (κ2) is 8.96. The van der Waals surface area contributed by atoms with E-state index in [0.29, 0.717) is 24.5 Å². The van der Waals surface area contributed by atoms with E-state index in [0.717, 1.165) is 38.9 Å². The first-order chi connectivity index (χ1) is 14.9. The predicted octanol–water partition coefficient (Wildman–Crippen LogP) is 4.88. The van der Waals surface area contributed by atoms with Crippen molar-refractivity contribution in [1.29, 1.82) is 0 Å². The maximum absolute atomic E-state index is 12.6. The highest BCUT2D eigenvalue weighted by molar-refractivity contribution is 7.89. The molecule has 4 rings (SSSR count). The van der Waals surface area contributed by atoms with Gasteiger partial charge in [-0.25, -0.2) is 13.1 Å². The summed E-state index contributed by atoms with van der Waals surface area (Å²) in [4.78, 5) is 3.56. The molecule has 2 N–H and O–H groups in total. The number of hydrogen-bond donors (Lipinski definition) is 2. The van der Waals surface area contributed by atoms with Crippen molar-refractivity contribution in [2.75, 3.05) is 6.54 Å². The summed E-state index contributed by atoms with van der Waals surface area (Å²) < 4.78 is 33.8. The van der Waals surface area contributed by atoms with Crippen LogP contribution in [0.3, 0.4) is 0 Å². The lowest BCUT2D eigenvalue weighted by Crippen LogP contribution is -2.26. The van der Waals surface area contributed by atoms with Crippen LogP contribution in [-0.4, -0.2) is 19.9 Å². The number of aromatic amines is 1. The fourth-order valence-corrected chi connectivity index (χ4v) is 4.60. The van der Waals surface area contributed by atoms with Crippen molar-refractivity contribution in [2.45, 2.75) is 31.8 Å². The second-order valence-electron chi connectivity index (χ2n) is 7.69. The molecule has 1 aromatic heterocycles. The first-order valence-corrected chi connectivity index (χ1v) is 11.7. The highest BCUT2D eigenvalue weighted by Crippen LogP contribution is 2.24. The number of rotatable bonds is 8. The standard InChI is InChI=1S/C25H26N2O3S/c1-18-8-10-23(14-19(18)2)31(28,29)27-13-12-21-16-26-25-15-22(9-11-24(21)25)30-17-20-6-4-3-5-7-20/h3-11,14-16,26-27H,12-13,17H2,1-2H3. The molecule has 0 amide bonds. The van der Waals surface area contributed by atoms with E-state index in [1.807, 2.05) is 74.6 Å². The van der Waals surface area contributed by atoms with E-state index in [2.05, 4.69) is 9.71 Å². The number of sulfonamides is 1. The number of aromatic nitrogens is 1. The molecular weight excluding hydrogens is 408 g/mol. The molecule has 0 unspecified atom stereocenters. The Kier molecular flexibility index (Phi) is 6.11. The van der Waals surface area contributed by atoms with E-state index < -0.39 is 10.0 Å². The summed E-state index contributed by atoms with van der Waals surface area (Å²) in [7, 11) is -3.53. The molecule has 0 radical (unpaired) electrons. The first-order valence-electron chi connectivity index (χ1n) is 10.3. The van der Waals surface area contributed by atoms with Gasteiger partial charge >= 0.3 is 0 Å². The van der Waals surface area contributed by atoms with Crippen LogP contribution >= 0.6 is 0 Å². The Morgan fingerprint density at radius 2 is 1.74 bits per heavy atom. The fourth-order valence-electron chi connectivity index (χ4n) is 3.49. The minimum atomic E-state index is -3.53. The molecule has 0 saturated carbocycles. The van der Waals surface area contributed by atoms with E-state index >= 15 is 0 Å². The van der Waals surface area contributed by atoms with Gasteiger partial charge in [-0.15, -0.1) is 0 Å². The monoisotopic (exact) mass is 434 g/mol. The van der Waals surface area contributed by atoms with Crippen LogP contribution in [0, 0.1) is 13.8 Å². The van der Waals surface area contributed by atoms with E-state index in [1.54, 1.807) is 12.1 Å². The number of H-pyrrole nitrogens is 1. The smallest absolute Gasteiger partial charge is 0.240 e. The number of nitrogens with one attached hydrogen (secondary N) is 2. The Balaban J connectivity index is 1.39. The lowest BCUT2D eigenvalue weighted by Gasteiger charge is -2.09. The Bertz CT molecular complexity index is 1300. The highest BCUT2D eigenvalue weighted by Gasteiger charge is 2.14. The minimum Gasteiger partial charge on any atom is -0.489 e. The van der Waals surface area contributed by atoms with Gasteiger partial charge < -0.3 is 9.72 Å². The molecule has 5 nitrogen and oxygen atoms in total. The fraction of sp³-hybridized carbons (Fsp3) is 0.200. The van der Waals surface area contributed by atoms with Crippen LogP contribution in [0.5, 0.6) is 5.75 Å². The molecule has 0 fully saturated rings. The third kappa shape index (κ3) is 4.98. The largest absolute Gasteiger partial charge is 0.489 e. The van der Waals surface area contributed by atoms with Gasteiger partial charge in [-0.3, -0.25) is 0 Å². The third-order valence-electron chi connectivity index (χ3n) is 5.46. The van der Waals surface area contributed by atoms with Gasteiger partial charge in [0.2, 0.25) is 10.0 Å². The van der Waals surface area contributed by atoms with Crippen molar-refractivity contribution in [3.8, 4) is 5.75 Å². The molecule has 0 aliphatic rings. The van der Waals surface area contributed by atoms with Gasteiger partial charge in [0.15, 0.2) is 0 Å². The Hall–Kier alpha value is -3.09. The summed E-state index contributed by atoms with van der Waals surface area (Å²) in [6.45, 7) is 4.72. The summed E-state index contributed by atoms with van der Waals surface area (Å²) in [5, 5.41) is 1.07. The number of fused-ring (bicyclic) bond motifs is 1. The summed E-state index contributed by atoms with van der Waals surface area (Å²) in [5.74, 6) is 0.792. The minimum absolute atomic E-state index is 0.301. The van der Waals surface area contributed by atoms with Crippen LogP contribution in [0.4, 0.5) is 0 Å². The molecule has 0 saturated heterocycles. The first kappa shape index (κ1) is 21.2. The van der Waals surface area contributed by atoms with Crippen molar-refractivity contribution < 1.29 is 13.2 Å². The van der Waals surface area contributed by atoms with Crippen LogP contribution in [-0.2, 0) is 23.1 Å². The molecule has 0 atom stereocenters. The molecule has 160 valence electrons. The van der Waals surface area contributed by atoms with Crippen molar-refractivity contribution in [3.63, 3.8) is 0 Å².